The molecule has 0 radical (unpaired) electrons. The van der Waals surface area contributed by atoms with Crippen LogP contribution < -0.4 is 5.32 Å². The lowest BCUT2D eigenvalue weighted by Crippen LogP contribution is -2.19. The number of nitrogens with zero attached hydrogens (tertiary/aromatic N) is 2. The lowest BCUT2D eigenvalue weighted by atomic mass is 10.1. The maximum atomic E-state index is 6.21. The van der Waals surface area contributed by atoms with Gasteiger partial charge in [0.25, 0.3) is 0 Å². The molecule has 1 aromatic rings. The van der Waals surface area contributed by atoms with Crippen LogP contribution in [0.1, 0.15) is 38.6 Å². The van der Waals surface area contributed by atoms with Crippen LogP contribution in [-0.4, -0.2) is 16.3 Å². The molecule has 16 heavy (non-hydrogen) atoms. The highest BCUT2D eigenvalue weighted by Crippen LogP contribution is 2.19. The molecule has 4 heteroatoms. The fourth-order valence-corrected chi connectivity index (χ4v) is 1.84. The number of halogens is 1. The summed E-state index contributed by atoms with van der Waals surface area (Å²) in [6.07, 6.45) is 1.19. The molecule has 1 rings (SSSR count). The van der Waals surface area contributed by atoms with Gasteiger partial charge in [0.1, 0.15) is 0 Å². The summed E-state index contributed by atoms with van der Waals surface area (Å²) in [5.74, 6) is 0.737. The molecule has 0 unspecified atom stereocenters. The van der Waals surface area contributed by atoms with E-state index in [-0.39, 0.29) is 0 Å². The summed E-state index contributed by atoms with van der Waals surface area (Å²) in [7, 11) is 0. The van der Waals surface area contributed by atoms with Gasteiger partial charge < -0.3 is 5.32 Å². The van der Waals surface area contributed by atoms with Gasteiger partial charge in [0.15, 0.2) is 0 Å². The molecule has 1 heterocycles. The molecule has 3 nitrogen and oxygen atoms in total. The Bertz CT molecular complexity index is 331. The van der Waals surface area contributed by atoms with E-state index in [9.17, 15) is 0 Å². The van der Waals surface area contributed by atoms with Crippen molar-refractivity contribution in [1.29, 1.82) is 0 Å². The van der Waals surface area contributed by atoms with Gasteiger partial charge in [-0.05, 0) is 32.7 Å². The number of hydrogen-bond donors (Lipinski definition) is 1. The lowest BCUT2D eigenvalue weighted by molar-refractivity contribution is 0.520. The fraction of sp³-hybridized carbons (Fsp3) is 0.750. The second-order valence-electron chi connectivity index (χ2n) is 4.52. The summed E-state index contributed by atoms with van der Waals surface area (Å²) in [5, 5.41) is 8.61. The Morgan fingerprint density at radius 1 is 1.44 bits per heavy atom. The molecule has 0 aliphatic carbocycles. The van der Waals surface area contributed by atoms with Crippen molar-refractivity contribution in [3.63, 3.8) is 0 Å². The summed E-state index contributed by atoms with van der Waals surface area (Å²) < 4.78 is 1.97. The largest absolute Gasteiger partial charge is 0.311 e. The van der Waals surface area contributed by atoms with Crippen molar-refractivity contribution < 1.29 is 0 Å². The molecule has 0 aliphatic heterocycles. The van der Waals surface area contributed by atoms with Crippen molar-refractivity contribution in [3.05, 3.63) is 16.4 Å². The Balaban J connectivity index is 2.52. The van der Waals surface area contributed by atoms with Crippen LogP contribution in [-0.2, 0) is 13.1 Å². The third-order valence-electron chi connectivity index (χ3n) is 2.64. The SMILES string of the molecule is CCn1nc(C)c(Cl)c1CNCCC(C)C. The first-order valence-electron chi connectivity index (χ1n) is 5.98. The molecule has 0 saturated carbocycles. The van der Waals surface area contributed by atoms with E-state index in [0.29, 0.717) is 0 Å². The first kappa shape index (κ1) is 13.5. The van der Waals surface area contributed by atoms with Crippen LogP contribution in [0.3, 0.4) is 0 Å². The predicted molar refractivity (Wildman–Crippen MR) is 68.8 cm³/mol. The van der Waals surface area contributed by atoms with Crippen LogP contribution in [0.15, 0.2) is 0 Å². The van der Waals surface area contributed by atoms with Crippen molar-refractivity contribution >= 4 is 11.6 Å². The van der Waals surface area contributed by atoms with Gasteiger partial charge in [-0.1, -0.05) is 25.4 Å². The van der Waals surface area contributed by atoms with Gasteiger partial charge in [-0.25, -0.2) is 0 Å². The third-order valence-corrected chi connectivity index (χ3v) is 3.14. The van der Waals surface area contributed by atoms with Crippen LogP contribution in [0.4, 0.5) is 0 Å². The average Bonchev–Trinajstić information content (AvgIpc) is 2.50. The van der Waals surface area contributed by atoms with E-state index in [1.54, 1.807) is 0 Å². The van der Waals surface area contributed by atoms with Crippen molar-refractivity contribution in [3.8, 4) is 0 Å². The predicted octanol–water partition coefficient (Wildman–Crippen LogP) is 3.00. The second kappa shape index (κ2) is 6.26. The minimum Gasteiger partial charge on any atom is -0.311 e. The van der Waals surface area contributed by atoms with Gasteiger partial charge in [0.05, 0.1) is 16.4 Å². The quantitative estimate of drug-likeness (QED) is 0.779. The summed E-state index contributed by atoms with van der Waals surface area (Å²) in [6, 6.07) is 0. The Labute approximate surface area is 103 Å². The number of rotatable bonds is 6. The lowest BCUT2D eigenvalue weighted by Gasteiger charge is -2.08. The molecular weight excluding hydrogens is 222 g/mol. The molecule has 0 bridgehead atoms. The zero-order chi connectivity index (χ0) is 12.1. The third kappa shape index (κ3) is 3.49. The monoisotopic (exact) mass is 243 g/mol. The summed E-state index contributed by atoms with van der Waals surface area (Å²) >= 11 is 6.21. The molecule has 0 amide bonds. The molecular formula is C12H22ClN3. The molecule has 0 atom stereocenters. The highest BCUT2D eigenvalue weighted by Gasteiger charge is 2.11. The van der Waals surface area contributed by atoms with Gasteiger partial charge in [-0.15, -0.1) is 0 Å². The van der Waals surface area contributed by atoms with Crippen molar-refractivity contribution in [2.24, 2.45) is 5.92 Å². The maximum absolute atomic E-state index is 6.21. The molecule has 0 fully saturated rings. The smallest absolute Gasteiger partial charge is 0.0860 e. The molecule has 1 N–H and O–H groups in total. The molecule has 0 aromatic carbocycles. The Kier molecular flexibility index (Phi) is 5.29. The van der Waals surface area contributed by atoms with E-state index < -0.39 is 0 Å². The molecule has 1 aromatic heterocycles. The van der Waals surface area contributed by atoms with Crippen LogP contribution in [0, 0.1) is 12.8 Å². The minimum atomic E-state index is 0.737. The zero-order valence-corrected chi connectivity index (χ0v) is 11.4. The maximum Gasteiger partial charge on any atom is 0.0860 e. The topological polar surface area (TPSA) is 29.9 Å². The van der Waals surface area contributed by atoms with E-state index in [2.05, 4.69) is 31.2 Å². The van der Waals surface area contributed by atoms with Gasteiger partial charge in [0, 0.05) is 13.1 Å². The fourth-order valence-electron chi connectivity index (χ4n) is 1.64. The van der Waals surface area contributed by atoms with Crippen LogP contribution >= 0.6 is 11.6 Å². The van der Waals surface area contributed by atoms with E-state index in [0.717, 1.165) is 42.0 Å². The summed E-state index contributed by atoms with van der Waals surface area (Å²) in [6.45, 7) is 11.2. The molecule has 0 spiro atoms. The van der Waals surface area contributed by atoms with Crippen molar-refractivity contribution in [1.82, 2.24) is 15.1 Å². The van der Waals surface area contributed by atoms with Gasteiger partial charge in [0.2, 0.25) is 0 Å². The number of nitrogens with one attached hydrogen (secondary N) is 1. The zero-order valence-electron chi connectivity index (χ0n) is 10.7. The summed E-state index contributed by atoms with van der Waals surface area (Å²) in [5.41, 5.74) is 2.02. The van der Waals surface area contributed by atoms with E-state index >= 15 is 0 Å². The number of aryl methyl sites for hydroxylation is 2. The normalized spacial score (nSPS) is 11.4. The van der Waals surface area contributed by atoms with Crippen LogP contribution in [0.25, 0.3) is 0 Å². The number of hydrogen-bond acceptors (Lipinski definition) is 2. The molecule has 0 aliphatic rings. The summed E-state index contributed by atoms with van der Waals surface area (Å²) in [4.78, 5) is 0. The molecule has 0 saturated heterocycles. The van der Waals surface area contributed by atoms with E-state index in [1.165, 1.54) is 6.42 Å². The highest BCUT2D eigenvalue weighted by molar-refractivity contribution is 6.31. The van der Waals surface area contributed by atoms with Crippen molar-refractivity contribution in [2.45, 2.75) is 47.2 Å². The highest BCUT2D eigenvalue weighted by atomic mass is 35.5. The van der Waals surface area contributed by atoms with Gasteiger partial charge in [-0.3, -0.25) is 4.68 Å². The van der Waals surface area contributed by atoms with Crippen molar-refractivity contribution in [2.75, 3.05) is 6.54 Å². The second-order valence-corrected chi connectivity index (χ2v) is 4.90. The Hall–Kier alpha value is -0.540. The Morgan fingerprint density at radius 2 is 2.12 bits per heavy atom. The van der Waals surface area contributed by atoms with Crippen LogP contribution in [0.2, 0.25) is 5.02 Å². The number of aromatic nitrogens is 2. The molecule has 92 valence electrons. The van der Waals surface area contributed by atoms with Gasteiger partial charge in [-0.2, -0.15) is 5.10 Å². The first-order chi connectivity index (χ1) is 7.56. The van der Waals surface area contributed by atoms with E-state index in [1.807, 2.05) is 11.6 Å². The van der Waals surface area contributed by atoms with Gasteiger partial charge >= 0.3 is 0 Å². The Morgan fingerprint density at radius 3 is 2.69 bits per heavy atom. The average molecular weight is 244 g/mol. The standard InChI is InChI=1S/C12H22ClN3/c1-5-16-11(12(13)10(4)15-16)8-14-7-6-9(2)3/h9,14H,5-8H2,1-4H3. The minimum absolute atomic E-state index is 0.737. The van der Waals surface area contributed by atoms with E-state index in [4.69, 9.17) is 11.6 Å². The van der Waals surface area contributed by atoms with Crippen LogP contribution in [0.5, 0.6) is 0 Å². The first-order valence-corrected chi connectivity index (χ1v) is 6.36.